The lowest BCUT2D eigenvalue weighted by atomic mass is 10.2. The fourth-order valence-electron chi connectivity index (χ4n) is 2.98. The molecule has 0 radical (unpaired) electrons. The van der Waals surface area contributed by atoms with Gasteiger partial charge in [-0.2, -0.15) is 0 Å². The number of pyridine rings is 2. The minimum atomic E-state index is 0. The number of benzene rings is 2. The summed E-state index contributed by atoms with van der Waals surface area (Å²) in [6.45, 7) is 2.12. The van der Waals surface area contributed by atoms with Crippen molar-refractivity contribution in [2.45, 2.75) is 37.0 Å². The van der Waals surface area contributed by atoms with Crippen molar-refractivity contribution >= 4 is 23.5 Å². The molecular weight excluding hydrogens is 456 g/mol. The summed E-state index contributed by atoms with van der Waals surface area (Å²) in [7, 11) is 1.69. The van der Waals surface area contributed by atoms with Gasteiger partial charge in [0.15, 0.2) is 0 Å². The molecule has 0 bridgehead atoms. The molecule has 0 fully saturated rings. The molecule has 4 aromatic rings. The third-order valence-corrected chi connectivity index (χ3v) is 6.93. The fourth-order valence-corrected chi connectivity index (χ4v) is 4.78. The van der Waals surface area contributed by atoms with Crippen LogP contribution < -0.4 is 4.74 Å². The minimum Gasteiger partial charge on any atom is -0.497 e. The van der Waals surface area contributed by atoms with Gasteiger partial charge in [-0.1, -0.05) is 25.1 Å². The van der Waals surface area contributed by atoms with Crippen LogP contribution in [0.2, 0.25) is 0 Å². The second-order valence-electron chi connectivity index (χ2n) is 7.40. The van der Waals surface area contributed by atoms with Gasteiger partial charge in [-0.25, -0.2) is 0 Å². The van der Waals surface area contributed by atoms with Crippen molar-refractivity contribution in [1.29, 1.82) is 0 Å². The zero-order valence-electron chi connectivity index (χ0n) is 19.2. The van der Waals surface area contributed by atoms with Gasteiger partial charge >= 0.3 is 0 Å². The summed E-state index contributed by atoms with van der Waals surface area (Å²) >= 11 is 3.76. The maximum atomic E-state index is 5.13. The zero-order valence-corrected chi connectivity index (χ0v) is 20.8. The Labute approximate surface area is 213 Å². The Morgan fingerprint density at radius 3 is 1.44 bits per heavy atom. The number of rotatable bonds is 9. The smallest absolute Gasteiger partial charge is 0.118 e. The minimum absolute atomic E-state index is 0. The monoisotopic (exact) mass is 490 g/mol. The van der Waals surface area contributed by atoms with E-state index in [9.17, 15) is 0 Å². The van der Waals surface area contributed by atoms with E-state index in [4.69, 9.17) is 4.74 Å². The van der Waals surface area contributed by atoms with Crippen molar-refractivity contribution in [3.8, 4) is 5.75 Å². The van der Waals surface area contributed by atoms with E-state index in [2.05, 4.69) is 77.6 Å². The summed E-state index contributed by atoms with van der Waals surface area (Å²) in [6, 6.07) is 25.2. The van der Waals surface area contributed by atoms with Crippen LogP contribution in [0.15, 0.2) is 107 Å². The highest BCUT2D eigenvalue weighted by atomic mass is 32.2. The van der Waals surface area contributed by atoms with Gasteiger partial charge < -0.3 is 4.74 Å². The summed E-state index contributed by atoms with van der Waals surface area (Å²) in [5, 5.41) is 0. The first-order valence-corrected chi connectivity index (χ1v) is 12.9. The normalized spacial score (nSPS) is 9.94. The quantitative estimate of drug-likeness (QED) is 0.224. The predicted octanol–water partition coefficient (Wildman–Crippen LogP) is 7.79. The van der Waals surface area contributed by atoms with Gasteiger partial charge in [-0.15, -0.1) is 23.5 Å². The predicted molar refractivity (Wildman–Crippen MR) is 148 cm³/mol. The average molecular weight is 491 g/mol. The highest BCUT2D eigenvalue weighted by Gasteiger charge is 1.97. The van der Waals surface area contributed by atoms with Crippen LogP contribution >= 0.6 is 23.5 Å². The summed E-state index contributed by atoms with van der Waals surface area (Å²) in [4.78, 5) is 10.6. The molecule has 178 valence electrons. The van der Waals surface area contributed by atoms with E-state index in [1.807, 2.05) is 60.4 Å². The molecule has 2 aromatic heterocycles. The number of aryl methyl sites for hydroxylation is 3. The SMILES string of the molecule is C.COc1ccc(SCCc2ccncc2)cc1.Cc1ccc(SCCc2ccncc2)cc1. The summed E-state index contributed by atoms with van der Waals surface area (Å²) in [5.41, 5.74) is 4.01. The Morgan fingerprint density at radius 2 is 1.03 bits per heavy atom. The van der Waals surface area contributed by atoms with Crippen molar-refractivity contribution in [2.24, 2.45) is 0 Å². The van der Waals surface area contributed by atoms with Crippen LogP contribution in [-0.2, 0) is 12.8 Å². The first kappa shape index (κ1) is 27.5. The van der Waals surface area contributed by atoms with Gasteiger partial charge in [0.1, 0.15) is 5.75 Å². The molecule has 0 aliphatic rings. The molecule has 0 saturated carbocycles. The van der Waals surface area contributed by atoms with Gasteiger partial charge in [-0.05, 0) is 91.6 Å². The number of nitrogens with zero attached hydrogens (tertiary/aromatic N) is 2. The van der Waals surface area contributed by atoms with Gasteiger partial charge in [0.25, 0.3) is 0 Å². The van der Waals surface area contributed by atoms with Gasteiger partial charge in [0.2, 0.25) is 0 Å². The van der Waals surface area contributed by atoms with Crippen molar-refractivity contribution in [1.82, 2.24) is 9.97 Å². The Kier molecular flexibility index (Phi) is 12.9. The van der Waals surface area contributed by atoms with Gasteiger partial charge in [0, 0.05) is 46.1 Å². The lowest BCUT2D eigenvalue weighted by molar-refractivity contribution is 0.414. The summed E-state index contributed by atoms with van der Waals surface area (Å²) in [5.74, 6) is 3.10. The Balaban J connectivity index is 0.000000234. The number of hydrogen-bond donors (Lipinski definition) is 0. The number of thioether (sulfide) groups is 2. The molecule has 3 nitrogen and oxygen atoms in total. The van der Waals surface area contributed by atoms with E-state index < -0.39 is 0 Å². The first-order chi connectivity index (χ1) is 16.2. The number of methoxy groups -OCH3 is 1. The number of ether oxygens (including phenoxy) is 1. The first-order valence-electron chi connectivity index (χ1n) is 11.0. The van der Waals surface area contributed by atoms with Crippen LogP contribution in [0.3, 0.4) is 0 Å². The van der Waals surface area contributed by atoms with E-state index in [1.165, 1.54) is 26.5 Å². The van der Waals surface area contributed by atoms with Crippen LogP contribution in [0.4, 0.5) is 0 Å². The summed E-state index contributed by atoms with van der Waals surface area (Å²) in [6.07, 6.45) is 9.55. The lowest BCUT2D eigenvalue weighted by Gasteiger charge is -2.03. The molecule has 4 rings (SSSR count). The van der Waals surface area contributed by atoms with E-state index in [1.54, 1.807) is 7.11 Å². The Hall–Kier alpha value is -2.76. The van der Waals surface area contributed by atoms with Crippen LogP contribution in [0.1, 0.15) is 24.1 Å². The lowest BCUT2D eigenvalue weighted by Crippen LogP contribution is -1.88. The molecule has 0 aliphatic heterocycles. The van der Waals surface area contributed by atoms with Crippen LogP contribution in [-0.4, -0.2) is 28.6 Å². The molecule has 0 amide bonds. The van der Waals surface area contributed by atoms with E-state index in [0.717, 1.165) is 30.1 Å². The van der Waals surface area contributed by atoms with Crippen molar-refractivity contribution < 1.29 is 4.74 Å². The molecule has 0 saturated heterocycles. The van der Waals surface area contributed by atoms with E-state index in [-0.39, 0.29) is 7.43 Å². The van der Waals surface area contributed by atoms with Crippen molar-refractivity contribution in [3.63, 3.8) is 0 Å². The Bertz CT molecular complexity index is 1040. The molecule has 0 N–H and O–H groups in total. The molecule has 2 heterocycles. The maximum absolute atomic E-state index is 5.13. The third-order valence-electron chi connectivity index (χ3n) is 4.90. The molecule has 0 aliphatic carbocycles. The highest BCUT2D eigenvalue weighted by molar-refractivity contribution is 7.99. The van der Waals surface area contributed by atoms with Gasteiger partial charge in [0.05, 0.1) is 7.11 Å². The molecule has 34 heavy (non-hydrogen) atoms. The van der Waals surface area contributed by atoms with E-state index in [0.29, 0.717) is 0 Å². The highest BCUT2D eigenvalue weighted by Crippen LogP contribution is 2.22. The molecule has 2 aromatic carbocycles. The second-order valence-corrected chi connectivity index (χ2v) is 9.73. The molecule has 0 atom stereocenters. The second kappa shape index (κ2) is 16.0. The van der Waals surface area contributed by atoms with Crippen molar-refractivity contribution in [2.75, 3.05) is 18.6 Å². The Morgan fingerprint density at radius 1 is 0.618 bits per heavy atom. The standard InChI is InChI=1S/C14H15NOS.C14H15NS.CH4/c1-16-13-2-4-14(5-3-13)17-11-8-12-6-9-15-10-7-12;1-12-2-4-14(5-3-12)16-11-8-13-6-9-15-10-7-13;/h2-7,9-10H,8,11H2,1H3;2-7,9-10H,8,11H2,1H3;1H4. The third kappa shape index (κ3) is 10.4. The summed E-state index contributed by atoms with van der Waals surface area (Å²) < 4.78 is 5.13. The number of aromatic nitrogens is 2. The number of hydrogen-bond acceptors (Lipinski definition) is 5. The molecule has 0 unspecified atom stereocenters. The van der Waals surface area contributed by atoms with E-state index >= 15 is 0 Å². The van der Waals surface area contributed by atoms with Crippen LogP contribution in [0.5, 0.6) is 5.75 Å². The molecule has 5 heteroatoms. The maximum Gasteiger partial charge on any atom is 0.118 e. The molecule has 0 spiro atoms. The van der Waals surface area contributed by atoms with Crippen molar-refractivity contribution in [3.05, 3.63) is 114 Å². The largest absolute Gasteiger partial charge is 0.497 e. The average Bonchev–Trinajstić information content (AvgIpc) is 2.87. The zero-order chi connectivity index (χ0) is 23.1. The molecular formula is C29H34N2OS2. The topological polar surface area (TPSA) is 35.0 Å². The van der Waals surface area contributed by atoms with Crippen LogP contribution in [0, 0.1) is 6.92 Å². The fraction of sp³-hybridized carbons (Fsp3) is 0.241. The van der Waals surface area contributed by atoms with Gasteiger partial charge in [-0.3, -0.25) is 9.97 Å². The van der Waals surface area contributed by atoms with Crippen LogP contribution in [0.25, 0.3) is 0 Å².